The van der Waals surface area contributed by atoms with Gasteiger partial charge in [-0.3, -0.25) is 4.98 Å². The first-order chi connectivity index (χ1) is 16.0. The van der Waals surface area contributed by atoms with Gasteiger partial charge in [0, 0.05) is 42.1 Å². The molecule has 0 radical (unpaired) electrons. The molecule has 0 unspecified atom stereocenters. The molecule has 1 saturated heterocycles. The number of aromatic amines is 1. The summed E-state index contributed by atoms with van der Waals surface area (Å²) in [5.74, 6) is 0.786. The van der Waals surface area contributed by atoms with Crippen molar-refractivity contribution in [3.8, 4) is 0 Å². The van der Waals surface area contributed by atoms with Crippen LogP contribution in [-0.4, -0.2) is 43.0 Å². The quantitative estimate of drug-likeness (QED) is 0.398. The fourth-order valence-electron chi connectivity index (χ4n) is 4.86. The molecule has 1 spiro atoms. The SMILES string of the molecule is N[C@@H]1c2cccnc2CC12CCN(c1nc3ncc(Sc4ccnc(Cl)c4Cl)nc3[nH]1)CC2. The molecule has 3 N–H and O–H groups in total. The topological polar surface area (TPSA) is 110 Å². The van der Waals surface area contributed by atoms with Crippen LogP contribution in [0.3, 0.4) is 0 Å². The predicted molar refractivity (Wildman–Crippen MR) is 129 cm³/mol. The van der Waals surface area contributed by atoms with Gasteiger partial charge in [-0.05, 0) is 42.4 Å². The summed E-state index contributed by atoms with van der Waals surface area (Å²) < 4.78 is 0. The van der Waals surface area contributed by atoms with Gasteiger partial charge in [0.15, 0.2) is 11.3 Å². The number of nitrogens with zero attached hydrogens (tertiary/aromatic N) is 6. The number of halogens is 2. The van der Waals surface area contributed by atoms with E-state index in [1.54, 1.807) is 18.5 Å². The number of rotatable bonds is 3. The predicted octanol–water partition coefficient (Wildman–Crippen LogP) is 4.44. The van der Waals surface area contributed by atoms with Crippen molar-refractivity contribution in [1.82, 2.24) is 29.9 Å². The van der Waals surface area contributed by atoms with Gasteiger partial charge in [0.05, 0.1) is 11.2 Å². The molecule has 1 atom stereocenters. The smallest absolute Gasteiger partial charge is 0.206 e. The van der Waals surface area contributed by atoms with Crippen molar-refractivity contribution in [2.75, 3.05) is 18.0 Å². The van der Waals surface area contributed by atoms with Gasteiger partial charge < -0.3 is 15.6 Å². The first-order valence-electron chi connectivity index (χ1n) is 10.7. The van der Waals surface area contributed by atoms with Crippen LogP contribution in [0.1, 0.15) is 30.1 Å². The molecule has 6 rings (SSSR count). The van der Waals surface area contributed by atoms with Crippen LogP contribution >= 0.6 is 35.0 Å². The first kappa shape index (κ1) is 21.1. The van der Waals surface area contributed by atoms with Crippen LogP contribution in [0.2, 0.25) is 10.2 Å². The van der Waals surface area contributed by atoms with Crippen molar-refractivity contribution in [3.63, 3.8) is 0 Å². The van der Waals surface area contributed by atoms with E-state index < -0.39 is 0 Å². The van der Waals surface area contributed by atoms with Gasteiger partial charge in [0.25, 0.3) is 0 Å². The number of aromatic nitrogens is 6. The molecule has 0 bridgehead atoms. The Hall–Kier alpha value is -2.46. The van der Waals surface area contributed by atoms with Crippen LogP contribution in [0, 0.1) is 5.41 Å². The maximum Gasteiger partial charge on any atom is 0.206 e. The second-order valence-electron chi connectivity index (χ2n) is 8.50. The molecule has 33 heavy (non-hydrogen) atoms. The van der Waals surface area contributed by atoms with Crippen molar-refractivity contribution < 1.29 is 0 Å². The molecule has 4 aromatic heterocycles. The van der Waals surface area contributed by atoms with Crippen molar-refractivity contribution in [2.24, 2.45) is 11.1 Å². The lowest BCUT2D eigenvalue weighted by atomic mass is 9.73. The molecule has 0 aromatic carbocycles. The van der Waals surface area contributed by atoms with Gasteiger partial charge in [-0.1, -0.05) is 41.0 Å². The number of pyridine rings is 2. The highest BCUT2D eigenvalue weighted by molar-refractivity contribution is 7.99. The zero-order valence-electron chi connectivity index (χ0n) is 17.5. The molecule has 8 nitrogen and oxygen atoms in total. The van der Waals surface area contributed by atoms with Gasteiger partial charge in [-0.2, -0.15) is 4.98 Å². The van der Waals surface area contributed by atoms with E-state index >= 15 is 0 Å². The molecule has 168 valence electrons. The maximum atomic E-state index is 6.68. The summed E-state index contributed by atoms with van der Waals surface area (Å²) >= 11 is 13.7. The number of nitrogens with two attached hydrogens (primary N) is 1. The highest BCUT2D eigenvalue weighted by atomic mass is 35.5. The van der Waals surface area contributed by atoms with Crippen molar-refractivity contribution in [1.29, 1.82) is 0 Å². The van der Waals surface area contributed by atoms with Crippen LogP contribution in [0.15, 0.2) is 46.7 Å². The van der Waals surface area contributed by atoms with E-state index in [1.807, 2.05) is 12.3 Å². The molecule has 1 fully saturated rings. The molecule has 4 aromatic rings. The molecule has 2 aliphatic rings. The molecular formula is C22H20Cl2N8S. The monoisotopic (exact) mass is 498 g/mol. The summed E-state index contributed by atoms with van der Waals surface area (Å²) in [6, 6.07) is 5.93. The molecular weight excluding hydrogens is 479 g/mol. The van der Waals surface area contributed by atoms with E-state index in [0.29, 0.717) is 21.3 Å². The maximum absolute atomic E-state index is 6.68. The van der Waals surface area contributed by atoms with Gasteiger partial charge in [-0.25, -0.2) is 15.0 Å². The van der Waals surface area contributed by atoms with Crippen LogP contribution in [0.4, 0.5) is 5.95 Å². The number of hydrogen-bond donors (Lipinski definition) is 2. The number of hydrogen-bond acceptors (Lipinski definition) is 8. The average molecular weight is 499 g/mol. The lowest BCUT2D eigenvalue weighted by molar-refractivity contribution is 0.186. The molecule has 0 saturated carbocycles. The minimum Gasteiger partial charge on any atom is -0.342 e. The second-order valence-corrected chi connectivity index (χ2v) is 10.3. The van der Waals surface area contributed by atoms with Crippen LogP contribution in [-0.2, 0) is 6.42 Å². The van der Waals surface area contributed by atoms with E-state index in [0.717, 1.165) is 48.9 Å². The summed E-state index contributed by atoms with van der Waals surface area (Å²) in [5.41, 5.74) is 10.3. The molecule has 11 heteroatoms. The summed E-state index contributed by atoms with van der Waals surface area (Å²) in [7, 11) is 0. The third-order valence-electron chi connectivity index (χ3n) is 6.70. The minimum atomic E-state index is 0.0375. The Bertz CT molecular complexity index is 1350. The Balaban J connectivity index is 1.19. The summed E-state index contributed by atoms with van der Waals surface area (Å²) in [6.07, 6.45) is 8.09. The lowest BCUT2D eigenvalue weighted by Crippen LogP contribution is -2.44. The van der Waals surface area contributed by atoms with Crippen molar-refractivity contribution in [2.45, 2.75) is 35.2 Å². The summed E-state index contributed by atoms with van der Waals surface area (Å²) in [4.78, 5) is 28.7. The summed E-state index contributed by atoms with van der Waals surface area (Å²) in [6.45, 7) is 1.74. The standard InChI is InChI=1S/C22H20Cl2N8S/c23-16-14(3-7-27-18(16)24)33-15-11-28-19-20(29-15)31-21(30-19)32-8-4-22(5-9-32)10-13-12(17(22)25)2-1-6-26-13/h1-3,6-7,11,17H,4-5,8-10,25H2,(H,28,29,30,31)/t17-/m1/s1. The zero-order valence-corrected chi connectivity index (χ0v) is 19.8. The number of anilines is 1. The number of H-pyrrole nitrogens is 1. The van der Waals surface area contributed by atoms with E-state index in [-0.39, 0.29) is 16.6 Å². The Kier molecular flexibility index (Phi) is 5.17. The largest absolute Gasteiger partial charge is 0.342 e. The van der Waals surface area contributed by atoms with Gasteiger partial charge in [0.1, 0.15) is 10.2 Å². The lowest BCUT2D eigenvalue weighted by Gasteiger charge is -2.41. The molecule has 0 amide bonds. The van der Waals surface area contributed by atoms with Crippen LogP contribution < -0.4 is 10.6 Å². The molecule has 5 heterocycles. The van der Waals surface area contributed by atoms with E-state index in [4.69, 9.17) is 28.9 Å². The fraction of sp³-hybridized carbons (Fsp3) is 0.318. The number of imidazole rings is 1. The van der Waals surface area contributed by atoms with E-state index in [9.17, 15) is 0 Å². The first-order valence-corrected chi connectivity index (χ1v) is 12.2. The highest BCUT2D eigenvalue weighted by Crippen LogP contribution is 2.50. The Morgan fingerprint density at radius 2 is 1.94 bits per heavy atom. The average Bonchev–Trinajstić information content (AvgIpc) is 3.37. The second kappa shape index (κ2) is 8.09. The third kappa shape index (κ3) is 3.63. The normalized spacial score (nSPS) is 19.4. The molecule has 1 aliphatic heterocycles. The van der Waals surface area contributed by atoms with Gasteiger partial charge in [0.2, 0.25) is 5.95 Å². The van der Waals surface area contributed by atoms with Crippen LogP contribution in [0.25, 0.3) is 11.3 Å². The minimum absolute atomic E-state index is 0.0375. The van der Waals surface area contributed by atoms with Crippen LogP contribution in [0.5, 0.6) is 0 Å². The zero-order chi connectivity index (χ0) is 22.6. The number of fused-ring (bicyclic) bond motifs is 2. The summed E-state index contributed by atoms with van der Waals surface area (Å²) in [5, 5.41) is 1.37. The molecule has 1 aliphatic carbocycles. The number of nitrogens with one attached hydrogen (secondary N) is 1. The Labute approximate surface area is 204 Å². The van der Waals surface area contributed by atoms with Gasteiger partial charge in [-0.15, -0.1) is 0 Å². The van der Waals surface area contributed by atoms with E-state index in [2.05, 4.69) is 40.9 Å². The fourth-order valence-corrected chi connectivity index (χ4v) is 6.09. The van der Waals surface area contributed by atoms with Crippen molar-refractivity contribution in [3.05, 3.63) is 58.2 Å². The third-order valence-corrected chi connectivity index (χ3v) is 8.54. The highest BCUT2D eigenvalue weighted by Gasteiger charge is 2.46. The van der Waals surface area contributed by atoms with Gasteiger partial charge >= 0.3 is 0 Å². The van der Waals surface area contributed by atoms with Crippen molar-refractivity contribution >= 4 is 52.2 Å². The Morgan fingerprint density at radius 1 is 1.09 bits per heavy atom. The number of piperidine rings is 1. The van der Waals surface area contributed by atoms with E-state index in [1.165, 1.54) is 17.3 Å². The Morgan fingerprint density at radius 3 is 2.76 bits per heavy atom.